The number of benzene rings is 1. The number of amides is 1. The molecule has 2 rings (SSSR count). The van der Waals surface area contributed by atoms with E-state index >= 15 is 0 Å². The van der Waals surface area contributed by atoms with E-state index in [2.05, 4.69) is 4.98 Å². The summed E-state index contributed by atoms with van der Waals surface area (Å²) in [4.78, 5) is 19.3. The first-order valence-electron chi connectivity index (χ1n) is 6.54. The molecule has 5 heteroatoms. The molecule has 106 valence electrons. The summed E-state index contributed by atoms with van der Waals surface area (Å²) >= 11 is 1.39. The summed E-state index contributed by atoms with van der Waals surface area (Å²) in [5.41, 5.74) is 10.0. The van der Waals surface area contributed by atoms with E-state index in [0.717, 1.165) is 11.3 Å². The van der Waals surface area contributed by atoms with Crippen LogP contribution in [0.2, 0.25) is 0 Å². The Morgan fingerprint density at radius 1 is 1.45 bits per heavy atom. The van der Waals surface area contributed by atoms with Crippen molar-refractivity contribution in [1.82, 2.24) is 9.88 Å². The van der Waals surface area contributed by atoms with Crippen LogP contribution in [0.5, 0.6) is 0 Å². The highest BCUT2D eigenvalue weighted by Gasteiger charge is 2.22. The van der Waals surface area contributed by atoms with Crippen molar-refractivity contribution in [3.05, 3.63) is 45.9 Å². The smallest absolute Gasteiger partial charge is 0.266 e. The second-order valence-corrected chi connectivity index (χ2v) is 5.89. The lowest BCUT2D eigenvalue weighted by molar-refractivity contribution is 0.0694. The van der Waals surface area contributed by atoms with Gasteiger partial charge in [0.1, 0.15) is 4.88 Å². The number of nitrogens with zero attached hydrogens (tertiary/aromatic N) is 2. The van der Waals surface area contributed by atoms with Gasteiger partial charge in [-0.15, -0.1) is 11.3 Å². The molecule has 0 fully saturated rings. The fourth-order valence-corrected chi connectivity index (χ4v) is 2.77. The summed E-state index contributed by atoms with van der Waals surface area (Å²) in [5.74, 6) is 0.0300. The number of nitrogens with two attached hydrogens (primary N) is 1. The van der Waals surface area contributed by atoms with Crippen molar-refractivity contribution in [2.24, 2.45) is 0 Å². The fraction of sp³-hybridized carbons (Fsp3) is 0.333. The molecule has 0 saturated heterocycles. The summed E-state index contributed by atoms with van der Waals surface area (Å²) < 4.78 is 0. The quantitative estimate of drug-likeness (QED) is 0.880. The van der Waals surface area contributed by atoms with Crippen molar-refractivity contribution < 1.29 is 4.79 Å². The van der Waals surface area contributed by atoms with E-state index in [-0.39, 0.29) is 11.9 Å². The molecule has 0 radical (unpaired) electrons. The van der Waals surface area contributed by atoms with Gasteiger partial charge in [-0.05, 0) is 38.5 Å². The summed E-state index contributed by atoms with van der Waals surface area (Å²) in [5, 5.41) is 0. The molecule has 0 aliphatic heterocycles. The third-order valence-electron chi connectivity index (χ3n) is 3.13. The van der Waals surface area contributed by atoms with E-state index < -0.39 is 0 Å². The second-order valence-electron chi connectivity index (χ2n) is 5.04. The Morgan fingerprint density at radius 2 is 2.20 bits per heavy atom. The highest BCUT2D eigenvalue weighted by atomic mass is 32.1. The number of nitrogen functional groups attached to an aromatic ring is 1. The SMILES string of the molecule is Cc1ncsc1C(=O)N(Cc1cccc(N)c1)C(C)C. The monoisotopic (exact) mass is 289 g/mol. The minimum atomic E-state index is 0.0300. The Kier molecular flexibility index (Phi) is 4.39. The Hall–Kier alpha value is -1.88. The summed E-state index contributed by atoms with van der Waals surface area (Å²) in [6.45, 7) is 6.45. The van der Waals surface area contributed by atoms with Gasteiger partial charge in [0.15, 0.2) is 0 Å². The Bertz CT molecular complexity index is 607. The molecule has 0 bridgehead atoms. The van der Waals surface area contributed by atoms with Gasteiger partial charge in [-0.2, -0.15) is 0 Å². The molecule has 1 aromatic heterocycles. The molecule has 1 heterocycles. The number of carbonyl (C=O) groups excluding carboxylic acids is 1. The van der Waals surface area contributed by atoms with Gasteiger partial charge < -0.3 is 10.6 Å². The van der Waals surface area contributed by atoms with Crippen molar-refractivity contribution in [3.63, 3.8) is 0 Å². The first kappa shape index (κ1) is 14.5. The van der Waals surface area contributed by atoms with E-state index in [0.29, 0.717) is 17.1 Å². The van der Waals surface area contributed by atoms with Crippen LogP contribution in [0.3, 0.4) is 0 Å². The largest absolute Gasteiger partial charge is 0.399 e. The molecule has 0 atom stereocenters. The number of anilines is 1. The Labute approximate surface area is 123 Å². The highest BCUT2D eigenvalue weighted by Crippen LogP contribution is 2.19. The summed E-state index contributed by atoms with van der Waals surface area (Å²) in [7, 11) is 0. The Morgan fingerprint density at radius 3 is 2.75 bits per heavy atom. The van der Waals surface area contributed by atoms with Crippen molar-refractivity contribution in [2.75, 3.05) is 5.73 Å². The minimum absolute atomic E-state index is 0.0300. The van der Waals surface area contributed by atoms with Gasteiger partial charge in [0.2, 0.25) is 0 Å². The predicted molar refractivity (Wildman–Crippen MR) is 82.7 cm³/mol. The van der Waals surface area contributed by atoms with Gasteiger partial charge >= 0.3 is 0 Å². The zero-order valence-electron chi connectivity index (χ0n) is 12.0. The molecule has 0 aliphatic carbocycles. The third kappa shape index (κ3) is 3.17. The zero-order valence-corrected chi connectivity index (χ0v) is 12.8. The van der Waals surface area contributed by atoms with E-state index in [4.69, 9.17) is 5.73 Å². The van der Waals surface area contributed by atoms with Crippen LogP contribution in [-0.4, -0.2) is 21.8 Å². The topological polar surface area (TPSA) is 59.2 Å². The molecular formula is C15H19N3OS. The number of thiazole rings is 1. The first-order valence-corrected chi connectivity index (χ1v) is 7.42. The first-order chi connectivity index (χ1) is 9.49. The maximum Gasteiger partial charge on any atom is 0.266 e. The summed E-state index contributed by atoms with van der Waals surface area (Å²) in [6, 6.07) is 7.76. The molecule has 0 unspecified atom stereocenters. The van der Waals surface area contributed by atoms with E-state index in [9.17, 15) is 4.79 Å². The molecule has 0 saturated carbocycles. The lowest BCUT2D eigenvalue weighted by Gasteiger charge is -2.26. The zero-order chi connectivity index (χ0) is 14.7. The lowest BCUT2D eigenvalue weighted by atomic mass is 10.1. The van der Waals surface area contributed by atoms with Crippen molar-refractivity contribution in [2.45, 2.75) is 33.4 Å². The third-order valence-corrected chi connectivity index (χ3v) is 4.04. The van der Waals surface area contributed by atoms with Crippen LogP contribution in [0.1, 0.15) is 34.8 Å². The molecular weight excluding hydrogens is 270 g/mol. The average Bonchev–Trinajstić information content (AvgIpc) is 2.81. The van der Waals surface area contributed by atoms with Crippen molar-refractivity contribution in [1.29, 1.82) is 0 Å². The molecule has 0 spiro atoms. The van der Waals surface area contributed by atoms with Crippen LogP contribution >= 0.6 is 11.3 Å². The molecule has 20 heavy (non-hydrogen) atoms. The number of aryl methyl sites for hydroxylation is 1. The lowest BCUT2D eigenvalue weighted by Crippen LogP contribution is -2.36. The van der Waals surface area contributed by atoms with Gasteiger partial charge in [0.25, 0.3) is 5.91 Å². The predicted octanol–water partition coefficient (Wildman–Crippen LogP) is 3.08. The molecule has 2 N–H and O–H groups in total. The van der Waals surface area contributed by atoms with Gasteiger partial charge in [0.05, 0.1) is 11.2 Å². The van der Waals surface area contributed by atoms with Crippen molar-refractivity contribution >= 4 is 22.9 Å². The van der Waals surface area contributed by atoms with Gasteiger partial charge in [0, 0.05) is 18.3 Å². The van der Waals surface area contributed by atoms with Crippen LogP contribution in [0, 0.1) is 6.92 Å². The highest BCUT2D eigenvalue weighted by molar-refractivity contribution is 7.11. The second kappa shape index (κ2) is 6.05. The van der Waals surface area contributed by atoms with Gasteiger partial charge in [-0.1, -0.05) is 12.1 Å². The maximum atomic E-state index is 12.6. The van der Waals surface area contributed by atoms with E-state index in [1.54, 1.807) is 5.51 Å². The van der Waals surface area contributed by atoms with Crippen LogP contribution in [0.15, 0.2) is 29.8 Å². The van der Waals surface area contributed by atoms with E-state index in [1.165, 1.54) is 11.3 Å². The maximum absolute atomic E-state index is 12.6. The molecule has 1 aromatic carbocycles. The molecule has 1 amide bonds. The van der Waals surface area contributed by atoms with E-state index in [1.807, 2.05) is 49.9 Å². The number of hydrogen-bond donors (Lipinski definition) is 1. The molecule has 2 aromatic rings. The van der Waals surface area contributed by atoms with Crippen LogP contribution < -0.4 is 5.73 Å². The molecule has 0 aliphatic rings. The van der Waals surface area contributed by atoms with Gasteiger partial charge in [-0.25, -0.2) is 4.98 Å². The number of carbonyl (C=O) groups is 1. The molecule has 4 nitrogen and oxygen atoms in total. The van der Waals surface area contributed by atoms with Crippen LogP contribution in [0.25, 0.3) is 0 Å². The average molecular weight is 289 g/mol. The van der Waals surface area contributed by atoms with Crippen molar-refractivity contribution in [3.8, 4) is 0 Å². The standard InChI is InChI=1S/C15H19N3OS/c1-10(2)18(8-12-5-4-6-13(16)7-12)15(19)14-11(3)17-9-20-14/h4-7,9-10H,8,16H2,1-3H3. The number of rotatable bonds is 4. The van der Waals surface area contributed by atoms with Gasteiger partial charge in [-0.3, -0.25) is 4.79 Å². The number of aromatic nitrogens is 1. The van der Waals surface area contributed by atoms with Crippen LogP contribution in [-0.2, 0) is 6.54 Å². The fourth-order valence-electron chi connectivity index (χ4n) is 2.01. The summed E-state index contributed by atoms with van der Waals surface area (Å²) in [6.07, 6.45) is 0. The Balaban J connectivity index is 2.24. The number of hydrogen-bond acceptors (Lipinski definition) is 4. The van der Waals surface area contributed by atoms with Crippen LogP contribution in [0.4, 0.5) is 5.69 Å². The normalized spacial score (nSPS) is 10.8. The minimum Gasteiger partial charge on any atom is -0.399 e.